The van der Waals surface area contributed by atoms with E-state index >= 15 is 0 Å². The quantitative estimate of drug-likeness (QED) is 0.754. The van der Waals surface area contributed by atoms with Crippen molar-refractivity contribution in [3.05, 3.63) is 0 Å². The topological polar surface area (TPSA) is 66.6 Å². The zero-order valence-electron chi connectivity index (χ0n) is 10.5. The summed E-state index contributed by atoms with van der Waals surface area (Å²) in [7, 11) is 0. The Labute approximate surface area is 103 Å². The number of aliphatic hydroxyl groups is 1. The van der Waals surface area contributed by atoms with E-state index in [0.717, 1.165) is 51.5 Å². The minimum Gasteiger partial charge on any atom is -0.396 e. The number of nitrogens with two attached hydrogens (primary N) is 1. The normalized spacial score (nSPS) is 26.9. The van der Waals surface area contributed by atoms with Gasteiger partial charge in [-0.3, -0.25) is 4.79 Å². The van der Waals surface area contributed by atoms with Crippen LogP contribution in [0.15, 0.2) is 0 Å². The summed E-state index contributed by atoms with van der Waals surface area (Å²) in [6.07, 6.45) is 7.58. The molecule has 0 aromatic carbocycles. The van der Waals surface area contributed by atoms with E-state index in [0.29, 0.717) is 12.5 Å². The molecule has 1 heterocycles. The smallest absolute Gasteiger partial charge is 0.224 e. The fourth-order valence-corrected chi connectivity index (χ4v) is 3.00. The highest BCUT2D eigenvalue weighted by atomic mass is 16.3. The molecule has 0 spiro atoms. The first-order valence-electron chi connectivity index (χ1n) is 6.84. The first kappa shape index (κ1) is 12.8. The SMILES string of the molecule is NC1(CC(=O)N2CCCC2CCCO)CCC1. The summed E-state index contributed by atoms with van der Waals surface area (Å²) < 4.78 is 0. The van der Waals surface area contributed by atoms with Gasteiger partial charge >= 0.3 is 0 Å². The van der Waals surface area contributed by atoms with Crippen LogP contribution in [0, 0.1) is 0 Å². The predicted octanol–water partition coefficient (Wildman–Crippen LogP) is 1.02. The van der Waals surface area contributed by atoms with Crippen LogP contribution in [0.25, 0.3) is 0 Å². The van der Waals surface area contributed by atoms with Gasteiger partial charge in [0.2, 0.25) is 5.91 Å². The maximum atomic E-state index is 12.2. The summed E-state index contributed by atoms with van der Waals surface area (Å²) >= 11 is 0. The fourth-order valence-electron chi connectivity index (χ4n) is 3.00. The number of aliphatic hydroxyl groups excluding tert-OH is 1. The van der Waals surface area contributed by atoms with E-state index in [2.05, 4.69) is 0 Å². The van der Waals surface area contributed by atoms with E-state index in [1.807, 2.05) is 4.90 Å². The molecule has 17 heavy (non-hydrogen) atoms. The Morgan fingerprint density at radius 1 is 1.41 bits per heavy atom. The number of carbonyl (C=O) groups excluding carboxylic acids is 1. The summed E-state index contributed by atoms with van der Waals surface area (Å²) in [4.78, 5) is 14.2. The molecule has 1 saturated heterocycles. The van der Waals surface area contributed by atoms with Gasteiger partial charge in [0, 0.05) is 31.2 Å². The van der Waals surface area contributed by atoms with Crippen molar-refractivity contribution in [1.82, 2.24) is 4.90 Å². The van der Waals surface area contributed by atoms with Crippen molar-refractivity contribution >= 4 is 5.91 Å². The Hall–Kier alpha value is -0.610. The molecule has 3 N–H and O–H groups in total. The van der Waals surface area contributed by atoms with E-state index in [1.54, 1.807) is 0 Å². The molecule has 4 heteroatoms. The number of rotatable bonds is 5. The highest BCUT2D eigenvalue weighted by molar-refractivity contribution is 5.78. The fraction of sp³-hybridized carbons (Fsp3) is 0.923. The zero-order valence-corrected chi connectivity index (χ0v) is 10.5. The van der Waals surface area contributed by atoms with Gasteiger partial charge in [0.05, 0.1) is 0 Å². The molecule has 1 atom stereocenters. The molecule has 2 rings (SSSR count). The second-order valence-corrected chi connectivity index (χ2v) is 5.64. The van der Waals surface area contributed by atoms with Crippen LogP contribution in [-0.4, -0.2) is 40.6 Å². The van der Waals surface area contributed by atoms with Crippen LogP contribution in [-0.2, 0) is 4.79 Å². The average molecular weight is 240 g/mol. The second-order valence-electron chi connectivity index (χ2n) is 5.64. The van der Waals surface area contributed by atoms with Gasteiger partial charge in [-0.05, 0) is 44.9 Å². The lowest BCUT2D eigenvalue weighted by molar-refractivity contribution is -0.134. The van der Waals surface area contributed by atoms with Gasteiger partial charge in [0.25, 0.3) is 0 Å². The van der Waals surface area contributed by atoms with E-state index in [1.165, 1.54) is 0 Å². The van der Waals surface area contributed by atoms with Crippen molar-refractivity contribution in [3.63, 3.8) is 0 Å². The molecule has 2 aliphatic rings. The Morgan fingerprint density at radius 2 is 2.18 bits per heavy atom. The summed E-state index contributed by atoms with van der Waals surface area (Å²) in [6.45, 7) is 1.10. The van der Waals surface area contributed by atoms with Crippen molar-refractivity contribution in [1.29, 1.82) is 0 Å². The number of carbonyl (C=O) groups is 1. The standard InChI is InChI=1S/C13H24N2O2/c14-13(6-3-7-13)10-12(17)15-8-1-4-11(15)5-2-9-16/h11,16H,1-10,14H2. The molecule has 1 aliphatic carbocycles. The summed E-state index contributed by atoms with van der Waals surface area (Å²) in [5, 5.41) is 8.86. The van der Waals surface area contributed by atoms with Gasteiger partial charge < -0.3 is 15.7 Å². The largest absolute Gasteiger partial charge is 0.396 e. The maximum absolute atomic E-state index is 12.2. The highest BCUT2D eigenvalue weighted by Crippen LogP contribution is 2.34. The molecule has 0 aromatic heterocycles. The van der Waals surface area contributed by atoms with Crippen LogP contribution < -0.4 is 5.73 Å². The van der Waals surface area contributed by atoms with Gasteiger partial charge in [-0.1, -0.05) is 0 Å². The third-order valence-electron chi connectivity index (χ3n) is 4.25. The average Bonchev–Trinajstić information content (AvgIpc) is 2.72. The molecule has 1 aliphatic heterocycles. The number of amides is 1. The van der Waals surface area contributed by atoms with Crippen molar-refractivity contribution in [2.75, 3.05) is 13.2 Å². The Morgan fingerprint density at radius 3 is 2.76 bits per heavy atom. The third-order valence-corrected chi connectivity index (χ3v) is 4.25. The molecule has 1 saturated carbocycles. The van der Waals surface area contributed by atoms with Crippen molar-refractivity contribution in [3.8, 4) is 0 Å². The van der Waals surface area contributed by atoms with Crippen molar-refractivity contribution in [2.24, 2.45) is 5.73 Å². The minimum absolute atomic E-state index is 0.207. The first-order valence-corrected chi connectivity index (χ1v) is 6.84. The van der Waals surface area contributed by atoms with E-state index in [9.17, 15) is 4.79 Å². The third kappa shape index (κ3) is 2.99. The maximum Gasteiger partial charge on any atom is 0.224 e. The van der Waals surface area contributed by atoms with Crippen LogP contribution >= 0.6 is 0 Å². The van der Waals surface area contributed by atoms with Gasteiger partial charge in [0.15, 0.2) is 0 Å². The molecule has 4 nitrogen and oxygen atoms in total. The molecular weight excluding hydrogens is 216 g/mol. The number of nitrogens with zero attached hydrogens (tertiary/aromatic N) is 1. The van der Waals surface area contributed by atoms with E-state index in [-0.39, 0.29) is 18.1 Å². The van der Waals surface area contributed by atoms with Gasteiger partial charge in [0.1, 0.15) is 0 Å². The van der Waals surface area contributed by atoms with E-state index < -0.39 is 0 Å². The van der Waals surface area contributed by atoms with Crippen LogP contribution in [0.4, 0.5) is 0 Å². The van der Waals surface area contributed by atoms with E-state index in [4.69, 9.17) is 10.8 Å². The molecule has 0 bridgehead atoms. The Bertz CT molecular complexity index is 277. The lowest BCUT2D eigenvalue weighted by atomic mass is 9.75. The lowest BCUT2D eigenvalue weighted by Crippen LogP contribution is -2.51. The summed E-state index contributed by atoms with van der Waals surface area (Å²) in [6, 6.07) is 0.346. The molecule has 1 amide bonds. The van der Waals surface area contributed by atoms with Crippen LogP contribution in [0.1, 0.15) is 51.4 Å². The molecule has 1 unspecified atom stereocenters. The van der Waals surface area contributed by atoms with Crippen LogP contribution in [0.5, 0.6) is 0 Å². The van der Waals surface area contributed by atoms with Crippen molar-refractivity contribution in [2.45, 2.75) is 62.9 Å². The van der Waals surface area contributed by atoms with Crippen LogP contribution in [0.2, 0.25) is 0 Å². The zero-order chi connectivity index (χ0) is 12.3. The number of hydrogen-bond donors (Lipinski definition) is 2. The minimum atomic E-state index is -0.207. The van der Waals surface area contributed by atoms with Gasteiger partial charge in [-0.2, -0.15) is 0 Å². The van der Waals surface area contributed by atoms with Gasteiger partial charge in [-0.25, -0.2) is 0 Å². The summed E-state index contributed by atoms with van der Waals surface area (Å²) in [5.74, 6) is 0.229. The molecule has 98 valence electrons. The highest BCUT2D eigenvalue weighted by Gasteiger charge is 2.38. The molecule has 2 fully saturated rings. The molecular formula is C13H24N2O2. The number of hydrogen-bond acceptors (Lipinski definition) is 3. The lowest BCUT2D eigenvalue weighted by Gasteiger charge is -2.39. The monoisotopic (exact) mass is 240 g/mol. The Kier molecular flexibility index (Phi) is 4.05. The van der Waals surface area contributed by atoms with Crippen molar-refractivity contribution < 1.29 is 9.90 Å². The first-order chi connectivity index (χ1) is 8.14. The molecule has 0 aromatic rings. The second kappa shape index (κ2) is 5.36. The number of likely N-dealkylation sites (tertiary alicyclic amines) is 1. The molecule has 0 radical (unpaired) electrons. The predicted molar refractivity (Wildman–Crippen MR) is 66.4 cm³/mol. The summed E-state index contributed by atoms with van der Waals surface area (Å²) in [5.41, 5.74) is 5.92. The Balaban J connectivity index is 1.84. The van der Waals surface area contributed by atoms with Crippen LogP contribution in [0.3, 0.4) is 0 Å². The van der Waals surface area contributed by atoms with Gasteiger partial charge in [-0.15, -0.1) is 0 Å².